The Morgan fingerprint density at radius 2 is 2.03 bits per heavy atom. The summed E-state index contributed by atoms with van der Waals surface area (Å²) < 4.78 is 1.71. The molecule has 29 heavy (non-hydrogen) atoms. The Morgan fingerprint density at radius 3 is 2.69 bits per heavy atom. The summed E-state index contributed by atoms with van der Waals surface area (Å²) in [6.07, 6.45) is 0.804. The van der Waals surface area contributed by atoms with Gasteiger partial charge in [0.2, 0.25) is 5.91 Å². The number of fused-ring (bicyclic) bond motifs is 1. The van der Waals surface area contributed by atoms with Crippen LogP contribution in [0, 0.1) is 13.8 Å². The van der Waals surface area contributed by atoms with Gasteiger partial charge in [-0.1, -0.05) is 30.8 Å². The number of thioether (sulfide) groups is 1. The molecule has 0 bridgehead atoms. The molecule has 0 saturated carbocycles. The largest absolute Gasteiger partial charge is 0.353 e. The third-order valence-electron chi connectivity index (χ3n) is 5.07. The van der Waals surface area contributed by atoms with Gasteiger partial charge in [-0.05, 0) is 57.9 Å². The van der Waals surface area contributed by atoms with Crippen molar-refractivity contribution in [2.75, 3.05) is 17.2 Å². The second-order valence-corrected chi connectivity index (χ2v) is 8.25. The molecule has 0 unspecified atom stereocenters. The summed E-state index contributed by atoms with van der Waals surface area (Å²) in [4.78, 5) is 35.6. The Bertz CT molecular complexity index is 1090. The topological polar surface area (TPSA) is 71.0 Å². The van der Waals surface area contributed by atoms with Crippen LogP contribution in [0.4, 0.5) is 5.69 Å². The number of anilines is 1. The Kier molecular flexibility index (Phi) is 6.47. The van der Waals surface area contributed by atoms with Crippen molar-refractivity contribution in [3.8, 4) is 0 Å². The van der Waals surface area contributed by atoms with E-state index in [0.29, 0.717) is 22.7 Å². The summed E-state index contributed by atoms with van der Waals surface area (Å²) in [7, 11) is 0. The number of H-pyrrole nitrogens is 1. The fourth-order valence-electron chi connectivity index (χ4n) is 3.37. The number of aromatic amines is 1. The van der Waals surface area contributed by atoms with E-state index in [1.165, 1.54) is 11.8 Å². The van der Waals surface area contributed by atoms with Gasteiger partial charge in [-0.2, -0.15) is 0 Å². The maximum Gasteiger partial charge on any atom is 0.278 e. The van der Waals surface area contributed by atoms with Gasteiger partial charge in [0.05, 0.1) is 11.3 Å². The number of benzene rings is 1. The number of amides is 1. The monoisotopic (exact) mass is 412 g/mol. The summed E-state index contributed by atoms with van der Waals surface area (Å²) in [5.41, 5.74) is 3.99. The van der Waals surface area contributed by atoms with Crippen molar-refractivity contribution in [1.29, 1.82) is 0 Å². The smallest absolute Gasteiger partial charge is 0.278 e. The van der Waals surface area contributed by atoms with Gasteiger partial charge in [-0.3, -0.25) is 14.2 Å². The number of carbonyl (C=O) groups excluding carboxylic acids is 1. The zero-order valence-electron chi connectivity index (χ0n) is 17.7. The SMILES string of the molecule is CC[C@@H](C)n1c(SCC(=O)N(CC)c2cccc(C)c2)nc2cc(C)[nH]c2c1=O. The van der Waals surface area contributed by atoms with Crippen LogP contribution in [0.2, 0.25) is 0 Å². The molecule has 0 spiro atoms. The lowest BCUT2D eigenvalue weighted by Gasteiger charge is -2.22. The number of carbonyl (C=O) groups is 1. The number of hydrogen-bond donors (Lipinski definition) is 1. The molecule has 0 saturated heterocycles. The molecule has 2 heterocycles. The van der Waals surface area contributed by atoms with Crippen LogP contribution in [-0.4, -0.2) is 32.7 Å². The molecule has 0 aliphatic carbocycles. The van der Waals surface area contributed by atoms with Gasteiger partial charge in [-0.15, -0.1) is 0 Å². The molecule has 0 aliphatic heterocycles. The number of aromatic nitrogens is 3. The third-order valence-corrected chi connectivity index (χ3v) is 6.01. The average molecular weight is 413 g/mol. The molecule has 3 rings (SSSR count). The van der Waals surface area contributed by atoms with Gasteiger partial charge in [-0.25, -0.2) is 4.98 Å². The molecular weight excluding hydrogens is 384 g/mol. The lowest BCUT2D eigenvalue weighted by atomic mass is 10.2. The van der Waals surface area contributed by atoms with Gasteiger partial charge >= 0.3 is 0 Å². The standard InChI is InChI=1S/C22H28N4O2S/c1-6-16(5)26-21(28)20-18(12-15(4)23-20)24-22(26)29-13-19(27)25(7-2)17-10-8-9-14(3)11-17/h8-12,16,23H,6-7,13H2,1-5H3/t16-/m1/s1. The molecule has 1 N–H and O–H groups in total. The van der Waals surface area contributed by atoms with Crippen LogP contribution in [-0.2, 0) is 4.79 Å². The van der Waals surface area contributed by atoms with E-state index in [1.807, 2.05) is 65.0 Å². The minimum absolute atomic E-state index is 0.000315. The maximum absolute atomic E-state index is 13.0. The fraction of sp³-hybridized carbons (Fsp3) is 0.409. The van der Waals surface area contributed by atoms with Crippen molar-refractivity contribution >= 4 is 34.4 Å². The zero-order valence-corrected chi connectivity index (χ0v) is 18.5. The number of rotatable bonds is 7. The Hall–Kier alpha value is -2.54. The summed E-state index contributed by atoms with van der Waals surface area (Å²) in [5.74, 6) is 0.220. The van der Waals surface area contributed by atoms with Crippen LogP contribution in [0.15, 0.2) is 40.3 Å². The second kappa shape index (κ2) is 8.86. The number of aryl methyl sites for hydroxylation is 2. The van der Waals surface area contributed by atoms with Gasteiger partial charge in [0.1, 0.15) is 5.52 Å². The predicted octanol–water partition coefficient (Wildman–Crippen LogP) is 4.46. The van der Waals surface area contributed by atoms with Crippen molar-refractivity contribution in [3.63, 3.8) is 0 Å². The molecule has 1 atom stereocenters. The van der Waals surface area contributed by atoms with Crippen LogP contribution in [0.5, 0.6) is 0 Å². The first-order valence-electron chi connectivity index (χ1n) is 9.97. The molecule has 1 aromatic carbocycles. The van der Waals surface area contributed by atoms with Crippen molar-refractivity contribution in [3.05, 3.63) is 51.9 Å². The van der Waals surface area contributed by atoms with Crippen molar-refractivity contribution in [2.24, 2.45) is 0 Å². The highest BCUT2D eigenvalue weighted by Crippen LogP contribution is 2.24. The molecule has 154 valence electrons. The summed E-state index contributed by atoms with van der Waals surface area (Å²) in [6, 6.07) is 9.79. The average Bonchev–Trinajstić information content (AvgIpc) is 3.07. The van der Waals surface area contributed by atoms with Crippen LogP contribution < -0.4 is 10.5 Å². The quantitative estimate of drug-likeness (QED) is 0.459. The van der Waals surface area contributed by atoms with Gasteiger partial charge in [0.25, 0.3) is 5.56 Å². The van der Waals surface area contributed by atoms with Crippen LogP contribution in [0.3, 0.4) is 0 Å². The first-order chi connectivity index (χ1) is 13.8. The molecule has 6 nitrogen and oxygen atoms in total. The van der Waals surface area contributed by atoms with E-state index in [4.69, 9.17) is 4.98 Å². The molecule has 3 aromatic rings. The van der Waals surface area contributed by atoms with Crippen LogP contribution in [0.1, 0.15) is 44.5 Å². The molecule has 7 heteroatoms. The minimum atomic E-state index is -0.0848. The lowest BCUT2D eigenvalue weighted by Crippen LogP contribution is -2.33. The van der Waals surface area contributed by atoms with E-state index in [0.717, 1.165) is 23.4 Å². The highest BCUT2D eigenvalue weighted by atomic mass is 32.2. The Labute approximate surface area is 175 Å². The van der Waals surface area contributed by atoms with E-state index >= 15 is 0 Å². The Morgan fingerprint density at radius 1 is 1.28 bits per heavy atom. The predicted molar refractivity (Wildman–Crippen MR) is 120 cm³/mol. The number of nitrogens with one attached hydrogen (secondary N) is 1. The summed E-state index contributed by atoms with van der Waals surface area (Å²) in [6.45, 7) is 10.5. The van der Waals surface area contributed by atoms with Crippen molar-refractivity contribution in [1.82, 2.24) is 14.5 Å². The molecule has 0 fully saturated rings. The fourth-order valence-corrected chi connectivity index (χ4v) is 4.34. The third kappa shape index (κ3) is 4.40. The lowest BCUT2D eigenvalue weighted by molar-refractivity contribution is -0.116. The number of nitrogens with zero attached hydrogens (tertiary/aromatic N) is 3. The normalized spacial score (nSPS) is 12.3. The molecule has 1 amide bonds. The molecular formula is C22H28N4O2S. The summed E-state index contributed by atoms with van der Waals surface area (Å²) in [5, 5.41) is 0.587. The van der Waals surface area contributed by atoms with E-state index in [9.17, 15) is 9.59 Å². The molecule has 0 radical (unpaired) electrons. The first kappa shape index (κ1) is 21.2. The first-order valence-corrected chi connectivity index (χ1v) is 11.0. The summed E-state index contributed by atoms with van der Waals surface area (Å²) >= 11 is 1.33. The second-order valence-electron chi connectivity index (χ2n) is 7.31. The minimum Gasteiger partial charge on any atom is -0.353 e. The van der Waals surface area contributed by atoms with Crippen molar-refractivity contribution in [2.45, 2.75) is 52.2 Å². The van der Waals surface area contributed by atoms with Gasteiger partial charge in [0.15, 0.2) is 5.16 Å². The highest BCUT2D eigenvalue weighted by Gasteiger charge is 2.20. The zero-order chi connectivity index (χ0) is 21.1. The van der Waals surface area contributed by atoms with E-state index in [2.05, 4.69) is 4.98 Å². The van der Waals surface area contributed by atoms with E-state index in [1.54, 1.807) is 9.47 Å². The molecule has 2 aromatic heterocycles. The Balaban J connectivity index is 1.91. The van der Waals surface area contributed by atoms with Crippen LogP contribution in [0.25, 0.3) is 11.0 Å². The maximum atomic E-state index is 13.0. The number of hydrogen-bond acceptors (Lipinski definition) is 4. The van der Waals surface area contributed by atoms with Crippen molar-refractivity contribution < 1.29 is 4.79 Å². The highest BCUT2D eigenvalue weighted by molar-refractivity contribution is 7.99. The van der Waals surface area contributed by atoms with E-state index < -0.39 is 0 Å². The van der Waals surface area contributed by atoms with Crippen LogP contribution >= 0.6 is 11.8 Å². The van der Waals surface area contributed by atoms with Gasteiger partial charge in [0, 0.05) is 24.0 Å². The molecule has 0 aliphatic rings. The van der Waals surface area contributed by atoms with Gasteiger partial charge < -0.3 is 9.88 Å². The van der Waals surface area contributed by atoms with E-state index in [-0.39, 0.29) is 23.3 Å².